The first kappa shape index (κ1) is 17.3. The van der Waals surface area contributed by atoms with Gasteiger partial charge in [-0.15, -0.1) is 0 Å². The van der Waals surface area contributed by atoms with Crippen LogP contribution in [0, 0.1) is 17.6 Å². The van der Waals surface area contributed by atoms with Crippen molar-refractivity contribution in [3.8, 4) is 0 Å². The summed E-state index contributed by atoms with van der Waals surface area (Å²) in [6, 6.07) is 3.80. The lowest BCUT2D eigenvalue weighted by molar-refractivity contribution is -0.128. The van der Waals surface area contributed by atoms with Gasteiger partial charge in [-0.1, -0.05) is 0 Å². The number of nitrogens with zero attached hydrogens (tertiary/aromatic N) is 1. The number of hydrogen-bond donors (Lipinski definition) is 1. The first-order valence-corrected chi connectivity index (χ1v) is 8.65. The highest BCUT2D eigenvalue weighted by atomic mass is 19.1. The average molecular weight is 338 g/mol. The van der Waals surface area contributed by atoms with E-state index in [1.807, 2.05) is 0 Å². The second-order valence-electron chi connectivity index (χ2n) is 6.75. The number of hydrogen-bond acceptors (Lipinski definition) is 3. The van der Waals surface area contributed by atoms with E-state index >= 15 is 0 Å². The van der Waals surface area contributed by atoms with E-state index in [0.29, 0.717) is 31.9 Å². The molecule has 2 aliphatic rings. The maximum atomic E-state index is 13.3. The van der Waals surface area contributed by atoms with E-state index in [1.54, 1.807) is 0 Å². The Balaban J connectivity index is 1.54. The fourth-order valence-electron chi connectivity index (χ4n) is 3.53. The SMILES string of the molecule is O=C(NC1CCOCC1)C1CCCN(Cc2cc(F)cc(F)c2)C1. The van der Waals surface area contributed by atoms with Crippen molar-refractivity contribution in [1.82, 2.24) is 10.2 Å². The third-order valence-corrected chi connectivity index (χ3v) is 4.77. The van der Waals surface area contributed by atoms with Gasteiger partial charge in [-0.05, 0) is 49.9 Å². The van der Waals surface area contributed by atoms with E-state index in [2.05, 4.69) is 10.2 Å². The Morgan fingerprint density at radius 1 is 1.17 bits per heavy atom. The van der Waals surface area contributed by atoms with Gasteiger partial charge in [0, 0.05) is 38.4 Å². The first-order chi connectivity index (χ1) is 11.6. The molecule has 2 aliphatic heterocycles. The van der Waals surface area contributed by atoms with E-state index in [1.165, 1.54) is 12.1 Å². The van der Waals surface area contributed by atoms with Crippen LogP contribution in [0.5, 0.6) is 0 Å². The van der Waals surface area contributed by atoms with Crippen LogP contribution in [0.15, 0.2) is 18.2 Å². The number of piperidine rings is 1. The number of carbonyl (C=O) groups is 1. The molecule has 1 aromatic rings. The molecule has 24 heavy (non-hydrogen) atoms. The van der Waals surface area contributed by atoms with Crippen molar-refractivity contribution >= 4 is 5.91 Å². The number of likely N-dealkylation sites (tertiary alicyclic amines) is 1. The van der Waals surface area contributed by atoms with Crippen molar-refractivity contribution in [1.29, 1.82) is 0 Å². The summed E-state index contributed by atoms with van der Waals surface area (Å²) in [6.07, 6.45) is 3.52. The normalized spacial score (nSPS) is 23.2. The zero-order valence-corrected chi connectivity index (χ0v) is 13.8. The van der Waals surface area contributed by atoms with E-state index in [4.69, 9.17) is 4.74 Å². The van der Waals surface area contributed by atoms with Crippen LogP contribution >= 0.6 is 0 Å². The number of ether oxygens (including phenoxy) is 1. The van der Waals surface area contributed by atoms with Gasteiger partial charge in [-0.2, -0.15) is 0 Å². The minimum Gasteiger partial charge on any atom is -0.381 e. The Morgan fingerprint density at radius 2 is 1.88 bits per heavy atom. The lowest BCUT2D eigenvalue weighted by atomic mass is 9.95. The number of benzene rings is 1. The molecule has 1 atom stereocenters. The summed E-state index contributed by atoms with van der Waals surface area (Å²) in [7, 11) is 0. The fraction of sp³-hybridized carbons (Fsp3) is 0.611. The predicted molar refractivity (Wildman–Crippen MR) is 86.3 cm³/mol. The Labute approximate surface area is 141 Å². The molecule has 2 saturated heterocycles. The molecule has 2 heterocycles. The second kappa shape index (κ2) is 8.03. The van der Waals surface area contributed by atoms with Crippen LogP contribution < -0.4 is 5.32 Å². The molecular formula is C18H24F2N2O2. The minimum absolute atomic E-state index is 0.0556. The van der Waals surface area contributed by atoms with Crippen LogP contribution in [0.3, 0.4) is 0 Å². The molecule has 0 aromatic heterocycles. The lowest BCUT2D eigenvalue weighted by Gasteiger charge is -2.33. The fourth-order valence-corrected chi connectivity index (χ4v) is 3.53. The van der Waals surface area contributed by atoms with Crippen LogP contribution in [0.4, 0.5) is 8.78 Å². The van der Waals surface area contributed by atoms with Crippen molar-refractivity contribution < 1.29 is 18.3 Å². The van der Waals surface area contributed by atoms with Crippen LogP contribution in [-0.2, 0) is 16.1 Å². The zero-order chi connectivity index (χ0) is 16.9. The summed E-state index contributed by atoms with van der Waals surface area (Å²) in [5.41, 5.74) is 0.609. The maximum Gasteiger partial charge on any atom is 0.224 e. The van der Waals surface area contributed by atoms with Gasteiger partial charge in [0.05, 0.1) is 5.92 Å². The summed E-state index contributed by atoms with van der Waals surface area (Å²) in [5, 5.41) is 3.13. The molecule has 0 radical (unpaired) electrons. The van der Waals surface area contributed by atoms with Gasteiger partial charge in [-0.3, -0.25) is 9.69 Å². The molecule has 0 bridgehead atoms. The molecule has 4 nitrogen and oxygen atoms in total. The van der Waals surface area contributed by atoms with Gasteiger partial charge in [-0.25, -0.2) is 8.78 Å². The third-order valence-electron chi connectivity index (χ3n) is 4.77. The number of amides is 1. The molecule has 6 heteroatoms. The first-order valence-electron chi connectivity index (χ1n) is 8.65. The largest absolute Gasteiger partial charge is 0.381 e. The van der Waals surface area contributed by atoms with Gasteiger partial charge >= 0.3 is 0 Å². The summed E-state index contributed by atoms with van der Waals surface area (Å²) in [4.78, 5) is 14.6. The highest BCUT2D eigenvalue weighted by molar-refractivity contribution is 5.79. The van der Waals surface area contributed by atoms with Crippen LogP contribution in [0.1, 0.15) is 31.2 Å². The number of nitrogens with one attached hydrogen (secondary N) is 1. The molecule has 1 amide bonds. The van der Waals surface area contributed by atoms with E-state index in [0.717, 1.165) is 38.3 Å². The second-order valence-corrected chi connectivity index (χ2v) is 6.75. The van der Waals surface area contributed by atoms with Crippen molar-refractivity contribution in [2.24, 2.45) is 5.92 Å². The Kier molecular flexibility index (Phi) is 5.79. The van der Waals surface area contributed by atoms with E-state index in [9.17, 15) is 13.6 Å². The summed E-state index contributed by atoms with van der Waals surface area (Å²) in [5.74, 6) is -1.08. The number of halogens is 2. The van der Waals surface area contributed by atoms with Gasteiger partial charge < -0.3 is 10.1 Å². The van der Waals surface area contributed by atoms with Crippen molar-refractivity contribution in [3.05, 3.63) is 35.4 Å². The lowest BCUT2D eigenvalue weighted by Crippen LogP contribution is -2.47. The quantitative estimate of drug-likeness (QED) is 0.917. The Morgan fingerprint density at radius 3 is 2.58 bits per heavy atom. The molecular weight excluding hydrogens is 314 g/mol. The molecule has 1 aromatic carbocycles. The van der Waals surface area contributed by atoms with Crippen LogP contribution in [0.2, 0.25) is 0 Å². The Bertz CT molecular complexity index is 556. The molecule has 0 saturated carbocycles. The monoisotopic (exact) mass is 338 g/mol. The molecule has 2 fully saturated rings. The number of carbonyl (C=O) groups excluding carboxylic acids is 1. The molecule has 1 N–H and O–H groups in total. The molecule has 3 rings (SSSR count). The highest BCUT2D eigenvalue weighted by Gasteiger charge is 2.27. The molecule has 0 spiro atoms. The van der Waals surface area contributed by atoms with Crippen molar-refractivity contribution in [2.75, 3.05) is 26.3 Å². The minimum atomic E-state index is -0.559. The van der Waals surface area contributed by atoms with E-state index in [-0.39, 0.29) is 17.9 Å². The van der Waals surface area contributed by atoms with E-state index < -0.39 is 11.6 Å². The summed E-state index contributed by atoms with van der Waals surface area (Å²) >= 11 is 0. The zero-order valence-electron chi connectivity index (χ0n) is 13.8. The highest BCUT2D eigenvalue weighted by Crippen LogP contribution is 2.20. The van der Waals surface area contributed by atoms with Gasteiger partial charge in [0.1, 0.15) is 11.6 Å². The van der Waals surface area contributed by atoms with Gasteiger partial charge in [0.2, 0.25) is 5.91 Å². The Hall–Kier alpha value is -1.53. The van der Waals surface area contributed by atoms with Crippen molar-refractivity contribution in [3.63, 3.8) is 0 Å². The van der Waals surface area contributed by atoms with Gasteiger partial charge in [0.15, 0.2) is 0 Å². The van der Waals surface area contributed by atoms with Crippen LogP contribution in [-0.4, -0.2) is 43.2 Å². The predicted octanol–water partition coefficient (Wildman–Crippen LogP) is 2.47. The van der Waals surface area contributed by atoms with Crippen molar-refractivity contribution in [2.45, 2.75) is 38.3 Å². The summed E-state index contributed by atoms with van der Waals surface area (Å²) < 4.78 is 31.9. The standard InChI is InChI=1S/C18H24F2N2O2/c19-15-8-13(9-16(20)10-15)11-22-5-1-2-14(12-22)18(23)21-17-3-6-24-7-4-17/h8-10,14,17H,1-7,11-12H2,(H,21,23). The van der Waals surface area contributed by atoms with Crippen LogP contribution in [0.25, 0.3) is 0 Å². The topological polar surface area (TPSA) is 41.6 Å². The maximum absolute atomic E-state index is 13.3. The molecule has 132 valence electrons. The summed E-state index contributed by atoms with van der Waals surface area (Å²) in [6.45, 7) is 3.35. The molecule has 1 unspecified atom stereocenters. The third kappa shape index (κ3) is 4.74. The number of rotatable bonds is 4. The molecule has 0 aliphatic carbocycles. The van der Waals surface area contributed by atoms with Gasteiger partial charge in [0.25, 0.3) is 0 Å². The smallest absolute Gasteiger partial charge is 0.224 e. The average Bonchev–Trinajstić information content (AvgIpc) is 2.55.